The van der Waals surface area contributed by atoms with Crippen molar-refractivity contribution in [3.8, 4) is 10.6 Å². The maximum absolute atomic E-state index is 10.7. The van der Waals surface area contributed by atoms with Gasteiger partial charge < -0.3 is 22.1 Å². The van der Waals surface area contributed by atoms with Crippen molar-refractivity contribution in [2.45, 2.75) is 32.7 Å². The fraction of sp³-hybridized carbons (Fsp3) is 0.400. The second-order valence-corrected chi connectivity index (χ2v) is 7.13. The number of hydrogen-bond donors (Lipinski definition) is 4. The number of rotatable bonds is 8. The molecule has 6 N–H and O–H groups in total. The molecule has 0 aliphatic rings. The first-order chi connectivity index (χ1) is 11.6. The molecular weight excluding hydrogens is 344 g/mol. The number of primary amides is 1. The minimum Gasteiger partial charge on any atom is -0.370 e. The number of amides is 2. The number of nitrogens with zero attached hydrogens (tertiary/aromatic N) is 2. The molecule has 2 rings (SSSR count). The summed E-state index contributed by atoms with van der Waals surface area (Å²) >= 11 is 3.00. The predicted molar refractivity (Wildman–Crippen MR) is 101 cm³/mol. The van der Waals surface area contributed by atoms with Gasteiger partial charge in [-0.25, -0.2) is 9.78 Å². The van der Waals surface area contributed by atoms with Crippen LogP contribution in [0.3, 0.4) is 0 Å². The predicted octanol–water partition coefficient (Wildman–Crippen LogP) is 2.77. The van der Waals surface area contributed by atoms with E-state index in [4.69, 9.17) is 11.5 Å². The van der Waals surface area contributed by atoms with Gasteiger partial charge in [0.1, 0.15) is 0 Å². The lowest BCUT2D eigenvalue weighted by Gasteiger charge is -2.03. The van der Waals surface area contributed by atoms with Gasteiger partial charge in [0.15, 0.2) is 5.96 Å². The van der Waals surface area contributed by atoms with E-state index in [1.54, 1.807) is 11.3 Å². The number of thiazole rings is 1. The third kappa shape index (κ3) is 5.82. The molecule has 0 unspecified atom stereocenters. The Kier molecular flexibility index (Phi) is 7.01. The summed E-state index contributed by atoms with van der Waals surface area (Å²) in [7, 11) is 0. The van der Waals surface area contributed by atoms with Crippen LogP contribution >= 0.6 is 22.7 Å². The molecule has 0 bridgehead atoms. The standard InChI is InChI=1S/C15H22N6OS2/c1-2-3-4-7-18-13(16)21-15-20-11(9-23-15)12-6-5-10(24-12)8-19-14(17)22/h5-6,9H,2-4,7-8H2,1H3,(H3,17,19,22)(H3,16,18,20,21). The zero-order chi connectivity index (χ0) is 17.4. The highest BCUT2D eigenvalue weighted by Gasteiger charge is 2.08. The number of carbonyl (C=O) groups is 1. The topological polar surface area (TPSA) is 118 Å². The minimum absolute atomic E-state index is 0.393. The van der Waals surface area contributed by atoms with E-state index in [0.717, 1.165) is 28.4 Å². The minimum atomic E-state index is -0.530. The lowest BCUT2D eigenvalue weighted by molar-refractivity contribution is 0.248. The van der Waals surface area contributed by atoms with Crippen molar-refractivity contribution in [1.82, 2.24) is 15.6 Å². The Bertz CT molecular complexity index is 694. The smallest absolute Gasteiger partial charge is 0.312 e. The number of aliphatic imine (C=N–C) groups is 1. The van der Waals surface area contributed by atoms with Crippen LogP contribution in [0.15, 0.2) is 22.5 Å². The molecular formula is C15H22N6OS2. The van der Waals surface area contributed by atoms with Gasteiger partial charge in [-0.1, -0.05) is 19.8 Å². The average molecular weight is 367 g/mol. The van der Waals surface area contributed by atoms with Crippen molar-refractivity contribution in [3.05, 3.63) is 22.4 Å². The second kappa shape index (κ2) is 9.24. The number of nitrogens with two attached hydrogens (primary N) is 2. The Morgan fingerprint density at radius 2 is 2.12 bits per heavy atom. The van der Waals surface area contributed by atoms with Crippen molar-refractivity contribution in [2.24, 2.45) is 16.5 Å². The Morgan fingerprint density at radius 1 is 1.29 bits per heavy atom. The number of nitrogens with one attached hydrogen (secondary N) is 2. The molecule has 0 atom stereocenters. The van der Waals surface area contributed by atoms with E-state index in [2.05, 4.69) is 27.5 Å². The maximum Gasteiger partial charge on any atom is 0.312 e. The Balaban J connectivity index is 1.93. The highest BCUT2D eigenvalue weighted by atomic mass is 32.1. The third-order valence-electron chi connectivity index (χ3n) is 3.15. The van der Waals surface area contributed by atoms with E-state index < -0.39 is 6.03 Å². The third-order valence-corrected chi connectivity index (χ3v) is 4.99. The summed E-state index contributed by atoms with van der Waals surface area (Å²) in [4.78, 5) is 21.5. The van der Waals surface area contributed by atoms with Gasteiger partial charge in [0, 0.05) is 16.8 Å². The number of guanidine groups is 1. The van der Waals surface area contributed by atoms with Gasteiger partial charge in [-0.3, -0.25) is 0 Å². The Labute approximate surface area is 149 Å². The SMILES string of the molecule is CCCCCN/C(N)=N/c1nc(-c2ccc(CNC(N)=O)s2)cs1. The fourth-order valence-corrected chi connectivity index (χ4v) is 3.63. The summed E-state index contributed by atoms with van der Waals surface area (Å²) in [5.74, 6) is 0.393. The molecule has 0 radical (unpaired) electrons. The van der Waals surface area contributed by atoms with Crippen molar-refractivity contribution in [3.63, 3.8) is 0 Å². The number of thiophene rings is 1. The van der Waals surface area contributed by atoms with Gasteiger partial charge in [-0.15, -0.1) is 22.7 Å². The molecule has 0 spiro atoms. The lowest BCUT2D eigenvalue weighted by atomic mass is 10.2. The van der Waals surface area contributed by atoms with Crippen LogP contribution in [0, 0.1) is 0 Å². The van der Waals surface area contributed by atoms with Crippen LogP contribution in [0.25, 0.3) is 10.6 Å². The van der Waals surface area contributed by atoms with Gasteiger partial charge >= 0.3 is 6.03 Å². The molecule has 0 aromatic carbocycles. The van der Waals surface area contributed by atoms with Crippen molar-refractivity contribution in [2.75, 3.05) is 6.54 Å². The molecule has 2 aromatic rings. The van der Waals surface area contributed by atoms with Gasteiger partial charge in [-0.05, 0) is 18.6 Å². The van der Waals surface area contributed by atoms with Crippen LogP contribution in [0.5, 0.6) is 0 Å². The molecule has 2 amide bonds. The van der Waals surface area contributed by atoms with E-state index in [1.807, 2.05) is 17.5 Å². The molecule has 0 aliphatic carbocycles. The summed E-state index contributed by atoms with van der Waals surface area (Å²) in [6.45, 7) is 3.40. The Morgan fingerprint density at radius 3 is 2.88 bits per heavy atom. The van der Waals surface area contributed by atoms with E-state index in [0.29, 0.717) is 17.6 Å². The quantitative estimate of drug-likeness (QED) is 0.326. The first-order valence-corrected chi connectivity index (χ1v) is 9.44. The van der Waals surface area contributed by atoms with Crippen LogP contribution in [0.2, 0.25) is 0 Å². The van der Waals surface area contributed by atoms with Gasteiger partial charge in [0.25, 0.3) is 0 Å². The second-order valence-electron chi connectivity index (χ2n) is 5.13. The number of unbranched alkanes of at least 4 members (excludes halogenated alkanes) is 2. The van der Waals surface area contributed by atoms with E-state index >= 15 is 0 Å². The molecule has 0 saturated carbocycles. The number of carbonyl (C=O) groups excluding carboxylic acids is 1. The monoisotopic (exact) mass is 366 g/mol. The highest BCUT2D eigenvalue weighted by molar-refractivity contribution is 7.16. The average Bonchev–Trinajstić information content (AvgIpc) is 3.18. The summed E-state index contributed by atoms with van der Waals surface area (Å²) in [6, 6.07) is 3.39. The summed E-state index contributed by atoms with van der Waals surface area (Å²) in [5.41, 5.74) is 11.8. The van der Waals surface area contributed by atoms with Crippen LogP contribution in [0.1, 0.15) is 31.1 Å². The van der Waals surface area contributed by atoms with E-state index in [-0.39, 0.29) is 0 Å². The first-order valence-electron chi connectivity index (χ1n) is 7.74. The highest BCUT2D eigenvalue weighted by Crippen LogP contribution is 2.31. The van der Waals surface area contributed by atoms with Gasteiger partial charge in [-0.2, -0.15) is 4.99 Å². The molecule has 9 heteroatoms. The van der Waals surface area contributed by atoms with Crippen LogP contribution in [-0.2, 0) is 6.54 Å². The van der Waals surface area contributed by atoms with Gasteiger partial charge in [0.05, 0.1) is 17.1 Å². The van der Waals surface area contributed by atoms with E-state index in [1.165, 1.54) is 24.2 Å². The van der Waals surface area contributed by atoms with Crippen LogP contribution in [-0.4, -0.2) is 23.5 Å². The Hall–Kier alpha value is -2.13. The molecule has 130 valence electrons. The summed E-state index contributed by atoms with van der Waals surface area (Å²) in [5, 5.41) is 8.23. The largest absolute Gasteiger partial charge is 0.370 e. The van der Waals surface area contributed by atoms with E-state index in [9.17, 15) is 4.79 Å². The fourth-order valence-electron chi connectivity index (χ4n) is 1.95. The molecule has 2 aromatic heterocycles. The molecule has 0 fully saturated rings. The zero-order valence-corrected chi connectivity index (χ0v) is 15.2. The van der Waals surface area contributed by atoms with Gasteiger partial charge in [0.2, 0.25) is 5.13 Å². The maximum atomic E-state index is 10.7. The van der Waals surface area contributed by atoms with Crippen LogP contribution < -0.4 is 22.1 Å². The first kappa shape index (κ1) is 18.2. The summed E-state index contributed by atoms with van der Waals surface area (Å²) < 4.78 is 0. The molecule has 2 heterocycles. The molecule has 0 aliphatic heterocycles. The normalized spacial score (nSPS) is 11.5. The molecule has 24 heavy (non-hydrogen) atoms. The van der Waals surface area contributed by atoms with Crippen LogP contribution in [0.4, 0.5) is 9.93 Å². The molecule has 7 nitrogen and oxygen atoms in total. The summed E-state index contributed by atoms with van der Waals surface area (Å²) in [6.07, 6.45) is 3.42. The van der Waals surface area contributed by atoms with Crippen molar-refractivity contribution >= 4 is 39.8 Å². The lowest BCUT2D eigenvalue weighted by Crippen LogP contribution is -2.31. The zero-order valence-electron chi connectivity index (χ0n) is 13.5. The number of urea groups is 1. The van der Waals surface area contributed by atoms with Crippen molar-refractivity contribution in [1.29, 1.82) is 0 Å². The van der Waals surface area contributed by atoms with Crippen molar-refractivity contribution < 1.29 is 4.79 Å². The molecule has 0 saturated heterocycles. The number of aromatic nitrogens is 1. The number of hydrogen-bond acceptors (Lipinski definition) is 5.